The minimum absolute atomic E-state index is 0.0641. The van der Waals surface area contributed by atoms with Gasteiger partial charge < -0.3 is 9.64 Å². The molecule has 4 nitrogen and oxygen atoms in total. The number of alkyl halides is 3. The zero-order chi connectivity index (χ0) is 21.0. The van der Waals surface area contributed by atoms with Gasteiger partial charge in [0.05, 0.1) is 12.8 Å². The van der Waals surface area contributed by atoms with Gasteiger partial charge >= 0.3 is 6.18 Å². The maximum Gasteiger partial charge on any atom is 0.433 e. The van der Waals surface area contributed by atoms with Crippen LogP contribution in [-0.4, -0.2) is 29.7 Å². The van der Waals surface area contributed by atoms with Crippen molar-refractivity contribution in [2.45, 2.75) is 52.3 Å². The Morgan fingerprint density at radius 1 is 1.10 bits per heavy atom. The van der Waals surface area contributed by atoms with E-state index in [0.29, 0.717) is 17.9 Å². The highest BCUT2D eigenvalue weighted by Crippen LogP contribution is 2.53. The van der Waals surface area contributed by atoms with Gasteiger partial charge in [-0.25, -0.2) is 9.97 Å². The molecule has 0 unspecified atom stereocenters. The van der Waals surface area contributed by atoms with Gasteiger partial charge in [-0.15, -0.1) is 0 Å². The maximum atomic E-state index is 13.7. The van der Waals surface area contributed by atoms with Gasteiger partial charge in [0.1, 0.15) is 5.75 Å². The molecule has 2 bridgehead atoms. The Bertz CT molecular complexity index is 928. The summed E-state index contributed by atoms with van der Waals surface area (Å²) in [5.74, 6) is 0.644. The number of nitrogens with zero attached hydrogens (tertiary/aromatic N) is 3. The van der Waals surface area contributed by atoms with Gasteiger partial charge in [0.2, 0.25) is 5.95 Å². The van der Waals surface area contributed by atoms with Crippen molar-refractivity contribution >= 4 is 5.95 Å². The lowest BCUT2D eigenvalue weighted by Gasteiger charge is -2.39. The third-order valence-corrected chi connectivity index (χ3v) is 6.06. The molecule has 7 heteroatoms. The normalized spacial score (nSPS) is 25.9. The number of fused-ring (bicyclic) bond motifs is 2. The van der Waals surface area contributed by atoms with E-state index in [9.17, 15) is 13.2 Å². The first-order chi connectivity index (χ1) is 13.5. The summed E-state index contributed by atoms with van der Waals surface area (Å²) in [5.41, 5.74) is 0.0477. The van der Waals surface area contributed by atoms with Crippen molar-refractivity contribution in [2.75, 3.05) is 18.6 Å². The van der Waals surface area contributed by atoms with E-state index in [1.54, 1.807) is 24.3 Å². The summed E-state index contributed by atoms with van der Waals surface area (Å²) in [6.07, 6.45) is -1.62. The third-order valence-electron chi connectivity index (χ3n) is 6.06. The number of hydrogen-bond acceptors (Lipinski definition) is 4. The second-order valence-corrected chi connectivity index (χ2v) is 9.48. The molecule has 2 aliphatic rings. The van der Waals surface area contributed by atoms with Gasteiger partial charge in [-0.1, -0.05) is 32.9 Å². The lowest BCUT2D eigenvalue weighted by Crippen LogP contribution is -2.35. The number of hydrogen-bond donors (Lipinski definition) is 0. The Balaban J connectivity index is 1.82. The first-order valence-electron chi connectivity index (χ1n) is 9.86. The average molecular weight is 405 g/mol. The van der Waals surface area contributed by atoms with E-state index < -0.39 is 11.9 Å². The summed E-state index contributed by atoms with van der Waals surface area (Å²) in [4.78, 5) is 10.5. The molecule has 156 valence electrons. The zero-order valence-corrected chi connectivity index (χ0v) is 17.2. The summed E-state index contributed by atoms with van der Waals surface area (Å²) in [7, 11) is 1.50. The first-order valence-corrected chi connectivity index (χ1v) is 9.86. The molecular weight excluding hydrogens is 379 g/mol. The van der Waals surface area contributed by atoms with Crippen LogP contribution in [0.25, 0.3) is 11.3 Å². The molecule has 4 rings (SSSR count). The first kappa shape index (κ1) is 20.0. The quantitative estimate of drug-likeness (QED) is 0.669. The fraction of sp³-hybridized carbons (Fsp3) is 0.545. The van der Waals surface area contributed by atoms with Gasteiger partial charge in [0, 0.05) is 18.2 Å². The topological polar surface area (TPSA) is 38.2 Å². The highest BCUT2D eigenvalue weighted by molar-refractivity contribution is 5.68. The van der Waals surface area contributed by atoms with Crippen molar-refractivity contribution in [3.05, 3.63) is 36.0 Å². The number of methoxy groups -OCH3 is 1. The smallest absolute Gasteiger partial charge is 0.433 e. The van der Waals surface area contributed by atoms with Crippen LogP contribution < -0.4 is 9.64 Å². The monoisotopic (exact) mass is 405 g/mol. The molecule has 1 saturated heterocycles. The van der Waals surface area contributed by atoms with Gasteiger partial charge in [-0.2, -0.15) is 13.2 Å². The van der Waals surface area contributed by atoms with Crippen molar-refractivity contribution in [1.82, 2.24) is 9.97 Å². The van der Waals surface area contributed by atoms with E-state index in [0.717, 1.165) is 25.3 Å². The summed E-state index contributed by atoms with van der Waals surface area (Å²) in [6, 6.07) is 8.14. The SMILES string of the molecule is COc1ccccc1-c1cc(C(F)(F)F)nc(N2C[C@@]3(C)C[C@@H]2CC(C)(C)C3)n1. The molecule has 2 aromatic rings. The number of aromatic nitrogens is 2. The van der Waals surface area contributed by atoms with E-state index >= 15 is 0 Å². The Labute approximate surface area is 169 Å². The lowest BCUT2D eigenvalue weighted by molar-refractivity contribution is -0.141. The number of para-hydroxylation sites is 1. The van der Waals surface area contributed by atoms with E-state index in [-0.39, 0.29) is 28.5 Å². The standard InChI is InChI=1S/C22H26F3N3O/c1-20(2)10-14-11-21(3,12-20)13-28(14)19-26-16(9-18(27-19)22(23,24)25)15-7-5-6-8-17(15)29-4/h5-9,14H,10-13H2,1-4H3/t14-,21-/m0/s1. The average Bonchev–Trinajstić information content (AvgIpc) is 2.89. The lowest BCUT2D eigenvalue weighted by atomic mass is 9.65. The molecule has 2 fully saturated rings. The van der Waals surface area contributed by atoms with Crippen LogP contribution in [0, 0.1) is 10.8 Å². The van der Waals surface area contributed by atoms with Crippen molar-refractivity contribution in [3.8, 4) is 17.0 Å². The highest BCUT2D eigenvalue weighted by Gasteiger charge is 2.50. The van der Waals surface area contributed by atoms with Crippen LogP contribution in [-0.2, 0) is 6.18 Å². The van der Waals surface area contributed by atoms with Crippen LogP contribution in [0.4, 0.5) is 19.1 Å². The minimum atomic E-state index is -4.55. The molecule has 29 heavy (non-hydrogen) atoms. The predicted octanol–water partition coefficient (Wildman–Crippen LogP) is 5.58. The molecule has 1 aliphatic carbocycles. The molecule has 0 spiro atoms. The number of ether oxygens (including phenoxy) is 1. The second-order valence-electron chi connectivity index (χ2n) is 9.48. The molecule has 0 N–H and O–H groups in total. The Hall–Kier alpha value is -2.31. The molecule has 1 aliphatic heterocycles. The Kier molecular flexibility index (Phi) is 4.55. The van der Waals surface area contributed by atoms with Gasteiger partial charge in [-0.05, 0) is 48.3 Å². The molecule has 1 aromatic heterocycles. The fourth-order valence-corrected chi connectivity index (χ4v) is 5.40. The number of anilines is 1. The van der Waals surface area contributed by atoms with Crippen LogP contribution in [0.1, 0.15) is 45.7 Å². The third kappa shape index (κ3) is 3.79. The number of rotatable bonds is 3. The van der Waals surface area contributed by atoms with E-state index in [4.69, 9.17) is 4.74 Å². The summed E-state index contributed by atoms with van der Waals surface area (Å²) in [5, 5.41) is 0. The van der Waals surface area contributed by atoms with Gasteiger partial charge in [0.25, 0.3) is 0 Å². The Morgan fingerprint density at radius 3 is 2.52 bits per heavy atom. The summed E-state index contributed by atoms with van der Waals surface area (Å²) >= 11 is 0. The Morgan fingerprint density at radius 2 is 1.83 bits per heavy atom. The minimum Gasteiger partial charge on any atom is -0.496 e. The van der Waals surface area contributed by atoms with E-state index in [1.807, 2.05) is 4.90 Å². The van der Waals surface area contributed by atoms with Crippen molar-refractivity contribution < 1.29 is 17.9 Å². The van der Waals surface area contributed by atoms with Gasteiger partial charge in [0.15, 0.2) is 5.69 Å². The number of halogens is 3. The van der Waals surface area contributed by atoms with E-state index in [2.05, 4.69) is 30.7 Å². The molecule has 1 aromatic carbocycles. The van der Waals surface area contributed by atoms with Crippen molar-refractivity contribution in [3.63, 3.8) is 0 Å². The predicted molar refractivity (Wildman–Crippen MR) is 106 cm³/mol. The van der Waals surface area contributed by atoms with Crippen molar-refractivity contribution in [2.24, 2.45) is 10.8 Å². The molecule has 0 amide bonds. The molecular formula is C22H26F3N3O. The summed E-state index contributed by atoms with van der Waals surface area (Å²) < 4.78 is 46.3. The van der Waals surface area contributed by atoms with Crippen LogP contribution >= 0.6 is 0 Å². The maximum absolute atomic E-state index is 13.7. The van der Waals surface area contributed by atoms with E-state index in [1.165, 1.54) is 7.11 Å². The zero-order valence-electron chi connectivity index (χ0n) is 17.2. The molecule has 0 radical (unpaired) electrons. The van der Waals surface area contributed by atoms with Crippen molar-refractivity contribution in [1.29, 1.82) is 0 Å². The summed E-state index contributed by atoms with van der Waals surface area (Å²) in [6.45, 7) is 7.35. The largest absolute Gasteiger partial charge is 0.496 e. The molecule has 2 heterocycles. The highest BCUT2D eigenvalue weighted by atomic mass is 19.4. The molecule has 1 saturated carbocycles. The molecule has 2 atom stereocenters. The second kappa shape index (κ2) is 6.61. The van der Waals surface area contributed by atoms with Crippen LogP contribution in [0.15, 0.2) is 30.3 Å². The van der Waals surface area contributed by atoms with Crippen LogP contribution in [0.2, 0.25) is 0 Å². The van der Waals surface area contributed by atoms with Crippen LogP contribution in [0.3, 0.4) is 0 Å². The van der Waals surface area contributed by atoms with Gasteiger partial charge in [-0.3, -0.25) is 0 Å². The fourth-order valence-electron chi connectivity index (χ4n) is 5.40. The van der Waals surface area contributed by atoms with Crippen LogP contribution in [0.5, 0.6) is 5.75 Å². The number of benzene rings is 1.